The van der Waals surface area contributed by atoms with Crippen molar-refractivity contribution in [2.75, 3.05) is 13.1 Å². The highest BCUT2D eigenvalue weighted by Gasteiger charge is 2.18. The van der Waals surface area contributed by atoms with Gasteiger partial charge in [-0.15, -0.1) is 0 Å². The standard InChI is InChI=1S/C15H18N2O2/c1-11-2-3-12-9-13-10-16(5-4-15(18)19)6-7-17(13)14(12)8-11/h2-3,8-9H,4-7,10H2,1H3,(H,18,19). The van der Waals surface area contributed by atoms with E-state index in [2.05, 4.69) is 40.7 Å². The molecule has 0 radical (unpaired) electrons. The minimum Gasteiger partial charge on any atom is -0.481 e. The summed E-state index contributed by atoms with van der Waals surface area (Å²) >= 11 is 0. The number of aromatic nitrogens is 1. The van der Waals surface area contributed by atoms with Crippen molar-refractivity contribution in [2.24, 2.45) is 0 Å². The van der Waals surface area contributed by atoms with Gasteiger partial charge in [0.25, 0.3) is 0 Å². The summed E-state index contributed by atoms with van der Waals surface area (Å²) < 4.78 is 2.36. The second-order valence-corrected chi connectivity index (χ2v) is 5.27. The Morgan fingerprint density at radius 2 is 2.16 bits per heavy atom. The van der Waals surface area contributed by atoms with Gasteiger partial charge < -0.3 is 9.67 Å². The van der Waals surface area contributed by atoms with Crippen molar-refractivity contribution < 1.29 is 9.90 Å². The molecule has 2 heterocycles. The molecule has 0 spiro atoms. The van der Waals surface area contributed by atoms with E-state index in [1.807, 2.05) is 0 Å². The van der Waals surface area contributed by atoms with Crippen molar-refractivity contribution >= 4 is 16.9 Å². The third-order valence-electron chi connectivity index (χ3n) is 3.81. The van der Waals surface area contributed by atoms with Crippen LogP contribution >= 0.6 is 0 Å². The highest BCUT2D eigenvalue weighted by molar-refractivity contribution is 5.82. The maximum Gasteiger partial charge on any atom is 0.304 e. The van der Waals surface area contributed by atoms with E-state index in [0.29, 0.717) is 6.54 Å². The first kappa shape index (κ1) is 12.2. The Morgan fingerprint density at radius 1 is 1.32 bits per heavy atom. The molecule has 1 aliphatic heterocycles. The second kappa shape index (κ2) is 4.70. The summed E-state index contributed by atoms with van der Waals surface area (Å²) in [6.45, 7) is 5.47. The van der Waals surface area contributed by atoms with Crippen LogP contribution in [0.2, 0.25) is 0 Å². The molecule has 0 unspecified atom stereocenters. The highest BCUT2D eigenvalue weighted by atomic mass is 16.4. The number of nitrogens with zero attached hydrogens (tertiary/aromatic N) is 2. The Bertz CT molecular complexity index is 630. The van der Waals surface area contributed by atoms with Crippen LogP contribution in [0.1, 0.15) is 17.7 Å². The van der Waals surface area contributed by atoms with Crippen LogP contribution in [0, 0.1) is 6.92 Å². The first-order valence-corrected chi connectivity index (χ1v) is 6.66. The lowest BCUT2D eigenvalue weighted by Crippen LogP contribution is -2.34. The van der Waals surface area contributed by atoms with E-state index in [1.54, 1.807) is 0 Å². The topological polar surface area (TPSA) is 45.5 Å². The molecule has 0 fully saturated rings. The molecule has 0 saturated carbocycles. The van der Waals surface area contributed by atoms with Crippen LogP contribution in [0.5, 0.6) is 0 Å². The van der Waals surface area contributed by atoms with Crippen LogP contribution in [-0.2, 0) is 17.9 Å². The number of hydrogen-bond acceptors (Lipinski definition) is 2. The van der Waals surface area contributed by atoms with Crippen molar-refractivity contribution in [3.8, 4) is 0 Å². The number of carboxylic acid groups (broad SMARTS) is 1. The van der Waals surface area contributed by atoms with E-state index in [0.717, 1.165) is 19.6 Å². The van der Waals surface area contributed by atoms with E-state index in [9.17, 15) is 4.79 Å². The van der Waals surface area contributed by atoms with Crippen molar-refractivity contribution in [3.05, 3.63) is 35.5 Å². The third kappa shape index (κ3) is 2.36. The van der Waals surface area contributed by atoms with Gasteiger partial charge in [-0.05, 0) is 30.0 Å². The number of aliphatic carboxylic acids is 1. The quantitative estimate of drug-likeness (QED) is 0.918. The van der Waals surface area contributed by atoms with Gasteiger partial charge in [0.15, 0.2) is 0 Å². The lowest BCUT2D eigenvalue weighted by Gasteiger charge is -2.28. The van der Waals surface area contributed by atoms with Gasteiger partial charge >= 0.3 is 5.97 Å². The fourth-order valence-corrected chi connectivity index (χ4v) is 2.81. The van der Waals surface area contributed by atoms with Crippen LogP contribution in [0.25, 0.3) is 10.9 Å². The van der Waals surface area contributed by atoms with Gasteiger partial charge in [-0.3, -0.25) is 9.69 Å². The SMILES string of the molecule is Cc1ccc2cc3n(c2c1)CCN(CCC(=O)O)C3. The molecule has 0 amide bonds. The number of benzene rings is 1. The number of aryl methyl sites for hydroxylation is 1. The number of hydrogen-bond donors (Lipinski definition) is 1. The fraction of sp³-hybridized carbons (Fsp3) is 0.400. The van der Waals surface area contributed by atoms with Crippen molar-refractivity contribution in [1.29, 1.82) is 0 Å². The Hall–Kier alpha value is -1.81. The van der Waals surface area contributed by atoms with E-state index < -0.39 is 5.97 Å². The Morgan fingerprint density at radius 3 is 2.95 bits per heavy atom. The van der Waals surface area contributed by atoms with Crippen LogP contribution in [0.3, 0.4) is 0 Å². The molecule has 0 bridgehead atoms. The first-order chi connectivity index (χ1) is 9.13. The van der Waals surface area contributed by atoms with Gasteiger partial charge in [0, 0.05) is 37.4 Å². The van der Waals surface area contributed by atoms with Gasteiger partial charge in [-0.2, -0.15) is 0 Å². The molecule has 4 nitrogen and oxygen atoms in total. The van der Waals surface area contributed by atoms with Gasteiger partial charge in [-0.1, -0.05) is 12.1 Å². The van der Waals surface area contributed by atoms with Crippen molar-refractivity contribution in [2.45, 2.75) is 26.4 Å². The summed E-state index contributed by atoms with van der Waals surface area (Å²) in [4.78, 5) is 12.9. The minimum absolute atomic E-state index is 0.222. The maximum absolute atomic E-state index is 10.6. The number of fused-ring (bicyclic) bond motifs is 3. The molecule has 1 N–H and O–H groups in total. The monoisotopic (exact) mass is 258 g/mol. The Kier molecular flexibility index (Phi) is 3.03. The van der Waals surface area contributed by atoms with E-state index >= 15 is 0 Å². The minimum atomic E-state index is -0.721. The lowest BCUT2D eigenvalue weighted by molar-refractivity contribution is -0.137. The molecule has 2 aromatic rings. The largest absolute Gasteiger partial charge is 0.481 e. The molecule has 0 saturated heterocycles. The fourth-order valence-electron chi connectivity index (χ4n) is 2.81. The van der Waals surface area contributed by atoms with Crippen molar-refractivity contribution in [1.82, 2.24) is 9.47 Å². The molecule has 3 rings (SSSR count). The summed E-state index contributed by atoms with van der Waals surface area (Å²) in [5.74, 6) is -0.721. The van der Waals surface area contributed by atoms with Crippen LogP contribution in [0.4, 0.5) is 0 Å². The third-order valence-corrected chi connectivity index (χ3v) is 3.81. The smallest absolute Gasteiger partial charge is 0.304 e. The predicted molar refractivity (Wildman–Crippen MR) is 74.2 cm³/mol. The van der Waals surface area contributed by atoms with Gasteiger partial charge in [0.1, 0.15) is 0 Å². The average molecular weight is 258 g/mol. The highest BCUT2D eigenvalue weighted by Crippen LogP contribution is 2.25. The van der Waals surface area contributed by atoms with E-state index in [-0.39, 0.29) is 6.42 Å². The van der Waals surface area contributed by atoms with Crippen LogP contribution < -0.4 is 0 Å². The van der Waals surface area contributed by atoms with Gasteiger partial charge in [-0.25, -0.2) is 0 Å². The zero-order chi connectivity index (χ0) is 13.4. The summed E-state index contributed by atoms with van der Waals surface area (Å²) in [5.41, 5.74) is 3.87. The zero-order valence-electron chi connectivity index (χ0n) is 11.1. The average Bonchev–Trinajstić information content (AvgIpc) is 2.73. The Labute approximate surface area is 112 Å². The maximum atomic E-state index is 10.6. The zero-order valence-corrected chi connectivity index (χ0v) is 11.1. The Balaban J connectivity index is 1.85. The lowest BCUT2D eigenvalue weighted by atomic mass is 10.2. The number of carbonyl (C=O) groups is 1. The molecule has 1 aromatic heterocycles. The van der Waals surface area contributed by atoms with E-state index in [1.165, 1.54) is 22.2 Å². The van der Waals surface area contributed by atoms with E-state index in [4.69, 9.17) is 5.11 Å². The molecule has 1 aliphatic rings. The summed E-state index contributed by atoms with van der Waals surface area (Å²) in [7, 11) is 0. The van der Waals surface area contributed by atoms with Gasteiger partial charge in [0.05, 0.1) is 6.42 Å². The molecule has 100 valence electrons. The molecular formula is C15H18N2O2. The van der Waals surface area contributed by atoms with Crippen LogP contribution in [-0.4, -0.2) is 33.6 Å². The summed E-state index contributed by atoms with van der Waals surface area (Å²) in [5, 5.41) is 10.0. The number of rotatable bonds is 3. The van der Waals surface area contributed by atoms with Crippen LogP contribution in [0.15, 0.2) is 24.3 Å². The number of carboxylic acids is 1. The summed E-state index contributed by atoms with van der Waals surface area (Å²) in [6, 6.07) is 8.75. The molecular weight excluding hydrogens is 240 g/mol. The first-order valence-electron chi connectivity index (χ1n) is 6.66. The molecule has 19 heavy (non-hydrogen) atoms. The van der Waals surface area contributed by atoms with Crippen molar-refractivity contribution in [3.63, 3.8) is 0 Å². The second-order valence-electron chi connectivity index (χ2n) is 5.27. The molecule has 4 heteroatoms. The molecule has 0 aliphatic carbocycles. The molecule has 0 atom stereocenters. The molecule has 1 aromatic carbocycles. The van der Waals surface area contributed by atoms with Gasteiger partial charge in [0.2, 0.25) is 0 Å². The summed E-state index contributed by atoms with van der Waals surface area (Å²) in [6.07, 6.45) is 0.222. The predicted octanol–water partition coefficient (Wildman–Crippen LogP) is 2.24. The normalized spacial score (nSPS) is 15.6.